The Morgan fingerprint density at radius 2 is 1.73 bits per heavy atom. The molecular formula is C25H26N4O6S2. The van der Waals surface area contributed by atoms with Crippen molar-refractivity contribution in [3.63, 3.8) is 0 Å². The zero-order valence-corrected chi connectivity index (χ0v) is 22.4. The van der Waals surface area contributed by atoms with Crippen LogP contribution in [0.3, 0.4) is 0 Å². The molecule has 12 heteroatoms. The van der Waals surface area contributed by atoms with E-state index >= 15 is 0 Å². The number of hydrogen-bond donors (Lipinski definition) is 1. The van der Waals surface area contributed by atoms with E-state index in [1.807, 2.05) is 32.9 Å². The van der Waals surface area contributed by atoms with E-state index in [1.54, 1.807) is 18.2 Å². The van der Waals surface area contributed by atoms with Gasteiger partial charge in [0.2, 0.25) is 20.2 Å². The average Bonchev–Trinajstić information content (AvgIpc) is 3.25. The number of sulfone groups is 1. The molecule has 0 bridgehead atoms. The van der Waals surface area contributed by atoms with Gasteiger partial charge >= 0.3 is 0 Å². The number of carbonyl (C=O) groups excluding carboxylic acids is 1. The van der Waals surface area contributed by atoms with Crippen LogP contribution < -0.4 is 14.2 Å². The van der Waals surface area contributed by atoms with Gasteiger partial charge in [-0.15, -0.1) is 0 Å². The van der Waals surface area contributed by atoms with Crippen molar-refractivity contribution in [2.45, 2.75) is 20.8 Å². The number of ether oxygens (including phenoxy) is 3. The number of amidine groups is 3. The van der Waals surface area contributed by atoms with Gasteiger partial charge in [0.05, 0.1) is 24.1 Å². The molecule has 37 heavy (non-hydrogen) atoms. The third-order valence-corrected chi connectivity index (χ3v) is 6.96. The Bertz CT molecular complexity index is 1440. The van der Waals surface area contributed by atoms with Crippen molar-refractivity contribution in [2.24, 2.45) is 9.39 Å². The molecule has 1 N–H and O–H groups in total. The number of benzene rings is 2. The van der Waals surface area contributed by atoms with E-state index in [9.17, 15) is 13.2 Å². The van der Waals surface area contributed by atoms with Crippen LogP contribution in [0, 0.1) is 19.3 Å². The maximum Gasteiger partial charge on any atom is 0.283 e. The first-order chi connectivity index (χ1) is 17.6. The van der Waals surface area contributed by atoms with Gasteiger partial charge in [-0.25, -0.2) is 13.3 Å². The lowest BCUT2D eigenvalue weighted by molar-refractivity contribution is -0.114. The van der Waals surface area contributed by atoms with Gasteiger partial charge in [-0.05, 0) is 67.8 Å². The summed E-state index contributed by atoms with van der Waals surface area (Å²) in [6.45, 7) is 6.87. The van der Waals surface area contributed by atoms with Gasteiger partial charge in [0.1, 0.15) is 24.8 Å². The number of aryl methyl sites for hydroxylation is 2. The number of amides is 1. The zero-order valence-electron chi connectivity index (χ0n) is 20.8. The zero-order chi connectivity index (χ0) is 26.7. The summed E-state index contributed by atoms with van der Waals surface area (Å²) in [5, 5.41) is 8.18. The van der Waals surface area contributed by atoms with Crippen molar-refractivity contribution in [2.75, 3.05) is 26.1 Å². The molecule has 4 rings (SSSR count). The van der Waals surface area contributed by atoms with Gasteiger partial charge in [-0.3, -0.25) is 10.2 Å². The van der Waals surface area contributed by atoms with Crippen LogP contribution in [0.15, 0.2) is 51.4 Å². The number of carbonyl (C=O) groups is 1. The number of rotatable bonds is 8. The molecule has 2 aliphatic heterocycles. The summed E-state index contributed by atoms with van der Waals surface area (Å²) in [6.07, 6.45) is 2.45. The monoisotopic (exact) mass is 542 g/mol. The molecule has 0 fully saturated rings. The van der Waals surface area contributed by atoms with Crippen molar-refractivity contribution in [3.8, 4) is 17.2 Å². The quantitative estimate of drug-likeness (QED) is 0.303. The van der Waals surface area contributed by atoms with E-state index in [-0.39, 0.29) is 28.4 Å². The first-order valence-corrected chi connectivity index (χ1v) is 14.0. The van der Waals surface area contributed by atoms with Crippen LogP contribution in [-0.4, -0.2) is 61.5 Å². The normalized spacial score (nSPS) is 16.4. The summed E-state index contributed by atoms with van der Waals surface area (Å²) < 4.78 is 45.4. The molecule has 2 aromatic carbocycles. The van der Waals surface area contributed by atoms with E-state index in [0.29, 0.717) is 30.3 Å². The van der Waals surface area contributed by atoms with E-state index in [4.69, 9.17) is 19.6 Å². The van der Waals surface area contributed by atoms with Crippen LogP contribution in [0.25, 0.3) is 6.08 Å². The standard InChI is InChI=1S/C25H26N4O6S2/c1-5-33-21-14-17(6-7-20(21)35-9-8-34-18-11-15(2)10-16(3)12-18)13-19-22(26)29-24(27-23(19)30)36-28-25(29)37(4,31)32/h6-7,10-14,26H,5,8-9H2,1-4H3/b19-13-,26-22?. The maximum absolute atomic E-state index is 12.6. The van der Waals surface area contributed by atoms with Gasteiger partial charge in [-0.1, -0.05) is 12.1 Å². The molecule has 2 heterocycles. The van der Waals surface area contributed by atoms with Crippen LogP contribution in [-0.2, 0) is 14.6 Å². The highest BCUT2D eigenvalue weighted by atomic mass is 32.2. The second-order valence-electron chi connectivity index (χ2n) is 8.34. The highest BCUT2D eigenvalue weighted by Crippen LogP contribution is 2.32. The lowest BCUT2D eigenvalue weighted by Crippen LogP contribution is -2.45. The van der Waals surface area contributed by atoms with Crippen LogP contribution in [0.4, 0.5) is 0 Å². The Morgan fingerprint density at radius 3 is 2.41 bits per heavy atom. The number of fused-ring (bicyclic) bond motifs is 1. The smallest absolute Gasteiger partial charge is 0.283 e. The minimum atomic E-state index is -3.72. The summed E-state index contributed by atoms with van der Waals surface area (Å²) in [5.41, 5.74) is 2.72. The Balaban J connectivity index is 1.50. The predicted octanol–water partition coefficient (Wildman–Crippen LogP) is 3.78. The second kappa shape index (κ2) is 10.8. The lowest BCUT2D eigenvalue weighted by Gasteiger charge is -2.23. The minimum absolute atomic E-state index is 0.0365. The summed E-state index contributed by atoms with van der Waals surface area (Å²) >= 11 is 0.746. The highest BCUT2D eigenvalue weighted by Gasteiger charge is 2.41. The predicted molar refractivity (Wildman–Crippen MR) is 144 cm³/mol. The SMILES string of the molecule is CCOc1cc(/C=C2/C(=N)N3C(=NC2=O)SN=C3S(C)(=O)=O)ccc1OCCOc1cc(C)cc(C)c1. The van der Waals surface area contributed by atoms with Gasteiger partial charge in [-0.2, -0.15) is 9.39 Å². The topological polar surface area (TPSA) is 131 Å². The van der Waals surface area contributed by atoms with Crippen molar-refractivity contribution in [1.82, 2.24) is 4.90 Å². The minimum Gasteiger partial charge on any atom is -0.490 e. The molecule has 1 amide bonds. The largest absolute Gasteiger partial charge is 0.490 e. The molecule has 2 aliphatic rings. The first-order valence-electron chi connectivity index (χ1n) is 11.4. The Hall–Kier alpha value is -3.64. The maximum atomic E-state index is 12.6. The summed E-state index contributed by atoms with van der Waals surface area (Å²) in [7, 11) is -3.72. The van der Waals surface area contributed by atoms with Crippen LogP contribution >= 0.6 is 11.9 Å². The molecule has 0 saturated heterocycles. The lowest BCUT2D eigenvalue weighted by atomic mass is 10.1. The molecule has 0 atom stereocenters. The third-order valence-electron chi connectivity index (χ3n) is 5.21. The second-order valence-corrected chi connectivity index (χ2v) is 11.0. The Kier molecular flexibility index (Phi) is 7.69. The fraction of sp³-hybridized carbons (Fsp3) is 0.280. The van der Waals surface area contributed by atoms with Crippen molar-refractivity contribution in [3.05, 3.63) is 58.7 Å². The van der Waals surface area contributed by atoms with Gasteiger partial charge in [0.15, 0.2) is 11.5 Å². The number of nitrogens with zero attached hydrogens (tertiary/aromatic N) is 3. The average molecular weight is 543 g/mol. The number of aliphatic imine (C=N–C) groups is 1. The van der Waals surface area contributed by atoms with Gasteiger partial charge in [0.25, 0.3) is 5.91 Å². The van der Waals surface area contributed by atoms with E-state index in [0.717, 1.165) is 40.0 Å². The molecule has 0 aliphatic carbocycles. The molecule has 0 saturated carbocycles. The summed E-state index contributed by atoms with van der Waals surface area (Å²) in [5.74, 6) is 0.763. The van der Waals surface area contributed by atoms with Crippen LogP contribution in [0.2, 0.25) is 0 Å². The molecule has 0 radical (unpaired) electrons. The summed E-state index contributed by atoms with van der Waals surface area (Å²) in [4.78, 5) is 17.6. The third kappa shape index (κ3) is 6.03. The van der Waals surface area contributed by atoms with Crippen molar-refractivity contribution in [1.29, 1.82) is 5.41 Å². The van der Waals surface area contributed by atoms with Crippen LogP contribution in [0.1, 0.15) is 23.6 Å². The fourth-order valence-corrected chi connectivity index (χ4v) is 5.58. The molecule has 0 aromatic heterocycles. The van der Waals surface area contributed by atoms with Gasteiger partial charge < -0.3 is 14.2 Å². The Morgan fingerprint density at radius 1 is 1.03 bits per heavy atom. The Labute approximate surface area is 219 Å². The van der Waals surface area contributed by atoms with Crippen molar-refractivity contribution >= 4 is 49.9 Å². The molecule has 0 unspecified atom stereocenters. The molecule has 2 aromatic rings. The molecule has 10 nitrogen and oxygen atoms in total. The number of nitrogens with one attached hydrogen (secondary N) is 1. The fourth-order valence-electron chi connectivity index (χ4n) is 3.73. The van der Waals surface area contributed by atoms with Crippen LogP contribution in [0.5, 0.6) is 17.2 Å². The molecule has 194 valence electrons. The van der Waals surface area contributed by atoms with Gasteiger partial charge in [0, 0.05) is 6.26 Å². The molecular weight excluding hydrogens is 516 g/mol. The van der Waals surface area contributed by atoms with E-state index < -0.39 is 15.7 Å². The first kappa shape index (κ1) is 26.4. The van der Waals surface area contributed by atoms with Crippen molar-refractivity contribution < 1.29 is 27.4 Å². The molecule has 0 spiro atoms. The van der Waals surface area contributed by atoms with E-state index in [1.165, 1.54) is 6.08 Å². The number of hydrogen-bond acceptors (Lipinski definition) is 9. The van der Waals surface area contributed by atoms with E-state index in [2.05, 4.69) is 15.5 Å². The highest BCUT2D eigenvalue weighted by molar-refractivity contribution is 8.16. The summed E-state index contributed by atoms with van der Waals surface area (Å²) in [6, 6.07) is 11.1.